The highest BCUT2D eigenvalue weighted by atomic mass is 16.5. The van der Waals surface area contributed by atoms with Crippen LogP contribution in [-0.4, -0.2) is 43.4 Å². The van der Waals surface area contributed by atoms with Crippen LogP contribution in [0.15, 0.2) is 18.2 Å². The van der Waals surface area contributed by atoms with Gasteiger partial charge in [-0.05, 0) is 32.9 Å². The van der Waals surface area contributed by atoms with Gasteiger partial charge in [-0.2, -0.15) is 0 Å². The second-order valence-electron chi connectivity index (χ2n) is 4.29. The number of hydrogen-bond acceptors (Lipinski definition) is 4. The van der Waals surface area contributed by atoms with E-state index in [-0.39, 0.29) is 5.91 Å². The zero-order valence-corrected chi connectivity index (χ0v) is 12.4. The summed E-state index contributed by atoms with van der Waals surface area (Å²) in [4.78, 5) is 24.8. The molecule has 5 heteroatoms. The molecule has 0 saturated heterocycles. The van der Waals surface area contributed by atoms with Crippen molar-refractivity contribution < 1.29 is 19.1 Å². The second-order valence-corrected chi connectivity index (χ2v) is 4.29. The molecule has 0 bridgehead atoms. The van der Waals surface area contributed by atoms with Crippen molar-refractivity contribution in [3.05, 3.63) is 23.8 Å². The second kappa shape index (κ2) is 7.53. The van der Waals surface area contributed by atoms with Crippen LogP contribution in [0.3, 0.4) is 0 Å². The van der Waals surface area contributed by atoms with Gasteiger partial charge in [0, 0.05) is 19.2 Å². The van der Waals surface area contributed by atoms with E-state index in [1.807, 2.05) is 13.8 Å². The van der Waals surface area contributed by atoms with Gasteiger partial charge in [-0.3, -0.25) is 9.59 Å². The summed E-state index contributed by atoms with van der Waals surface area (Å²) < 4.78 is 10.7. The number of aldehydes is 1. The fourth-order valence-electron chi connectivity index (χ4n) is 1.87. The highest BCUT2D eigenvalue weighted by Crippen LogP contribution is 2.24. The zero-order valence-electron chi connectivity index (χ0n) is 12.4. The number of amides is 1. The van der Waals surface area contributed by atoms with Gasteiger partial charge in [-0.25, -0.2) is 0 Å². The van der Waals surface area contributed by atoms with E-state index in [9.17, 15) is 9.59 Å². The number of nitrogens with zero attached hydrogens (tertiary/aromatic N) is 1. The van der Waals surface area contributed by atoms with E-state index in [1.54, 1.807) is 30.0 Å². The Balaban J connectivity index is 2.91. The monoisotopic (exact) mass is 279 g/mol. The lowest BCUT2D eigenvalue weighted by atomic mass is 10.2. The van der Waals surface area contributed by atoms with E-state index in [4.69, 9.17) is 9.47 Å². The summed E-state index contributed by atoms with van der Waals surface area (Å²) in [6.07, 6.45) is 0.0457. The first-order valence-corrected chi connectivity index (χ1v) is 6.66. The molecular weight excluding hydrogens is 258 g/mol. The number of carbonyl (C=O) groups excluding carboxylic acids is 2. The van der Waals surface area contributed by atoms with Crippen LogP contribution in [0, 0.1) is 0 Å². The van der Waals surface area contributed by atoms with E-state index in [0.717, 1.165) is 0 Å². The summed E-state index contributed by atoms with van der Waals surface area (Å²) >= 11 is 0. The van der Waals surface area contributed by atoms with E-state index < -0.39 is 6.10 Å². The standard InChI is InChI=1S/C15H21NO4/c1-5-16(6-2)15(18)11(3)20-14-9-13(19-4)8-7-12(14)10-17/h7-11H,5-6H2,1-4H3. The van der Waals surface area contributed by atoms with Gasteiger partial charge >= 0.3 is 0 Å². The molecule has 0 aromatic heterocycles. The van der Waals surface area contributed by atoms with E-state index in [0.29, 0.717) is 36.4 Å². The van der Waals surface area contributed by atoms with Crippen LogP contribution >= 0.6 is 0 Å². The van der Waals surface area contributed by atoms with Crippen LogP contribution in [0.25, 0.3) is 0 Å². The lowest BCUT2D eigenvalue weighted by molar-refractivity contribution is -0.137. The van der Waals surface area contributed by atoms with Gasteiger partial charge in [-0.1, -0.05) is 0 Å². The summed E-state index contributed by atoms with van der Waals surface area (Å²) in [5.41, 5.74) is 0.394. The Morgan fingerprint density at radius 2 is 2.00 bits per heavy atom. The molecule has 0 fully saturated rings. The quantitative estimate of drug-likeness (QED) is 0.718. The van der Waals surface area contributed by atoms with Gasteiger partial charge in [0.1, 0.15) is 11.5 Å². The molecule has 5 nitrogen and oxygen atoms in total. The molecular formula is C15H21NO4. The maximum atomic E-state index is 12.1. The van der Waals surface area contributed by atoms with Gasteiger partial charge in [0.05, 0.1) is 12.7 Å². The smallest absolute Gasteiger partial charge is 0.263 e. The summed E-state index contributed by atoms with van der Waals surface area (Å²) in [6, 6.07) is 4.89. The Morgan fingerprint density at radius 3 is 2.50 bits per heavy atom. The molecule has 0 saturated carbocycles. The number of methoxy groups -OCH3 is 1. The Bertz CT molecular complexity index is 469. The Morgan fingerprint density at radius 1 is 1.35 bits per heavy atom. The van der Waals surface area contributed by atoms with Gasteiger partial charge in [0.2, 0.25) is 0 Å². The third kappa shape index (κ3) is 3.73. The van der Waals surface area contributed by atoms with Crippen molar-refractivity contribution in [1.29, 1.82) is 0 Å². The molecule has 1 unspecified atom stereocenters. The number of hydrogen-bond donors (Lipinski definition) is 0. The zero-order chi connectivity index (χ0) is 15.1. The van der Waals surface area contributed by atoms with Crippen molar-refractivity contribution in [3.8, 4) is 11.5 Å². The van der Waals surface area contributed by atoms with E-state index >= 15 is 0 Å². The molecule has 0 aliphatic heterocycles. The summed E-state index contributed by atoms with van der Waals surface area (Å²) in [7, 11) is 1.53. The van der Waals surface area contributed by atoms with Crippen LogP contribution in [0.5, 0.6) is 11.5 Å². The summed E-state index contributed by atoms with van der Waals surface area (Å²) in [5.74, 6) is 0.829. The van der Waals surface area contributed by atoms with E-state index in [1.165, 1.54) is 7.11 Å². The molecule has 1 aromatic rings. The highest BCUT2D eigenvalue weighted by Gasteiger charge is 2.21. The number of likely N-dealkylation sites (N-methyl/N-ethyl adjacent to an activating group) is 1. The molecule has 20 heavy (non-hydrogen) atoms. The molecule has 0 radical (unpaired) electrons. The summed E-state index contributed by atoms with van der Waals surface area (Å²) in [5, 5.41) is 0. The van der Waals surface area contributed by atoms with Gasteiger partial charge in [0.15, 0.2) is 12.4 Å². The van der Waals surface area contributed by atoms with Crippen molar-refractivity contribution in [2.24, 2.45) is 0 Å². The molecule has 1 amide bonds. The van der Waals surface area contributed by atoms with Gasteiger partial charge in [-0.15, -0.1) is 0 Å². The molecule has 1 atom stereocenters. The highest BCUT2D eigenvalue weighted by molar-refractivity contribution is 5.83. The first-order valence-electron chi connectivity index (χ1n) is 6.66. The molecule has 0 aliphatic rings. The number of ether oxygens (including phenoxy) is 2. The fraction of sp³-hybridized carbons (Fsp3) is 0.467. The van der Waals surface area contributed by atoms with E-state index in [2.05, 4.69) is 0 Å². The topological polar surface area (TPSA) is 55.8 Å². The Labute approximate surface area is 119 Å². The fourth-order valence-corrected chi connectivity index (χ4v) is 1.87. The van der Waals surface area contributed by atoms with Crippen molar-refractivity contribution >= 4 is 12.2 Å². The minimum Gasteiger partial charge on any atom is -0.497 e. The van der Waals surface area contributed by atoms with Crippen LogP contribution in [0.4, 0.5) is 0 Å². The largest absolute Gasteiger partial charge is 0.497 e. The predicted octanol–water partition coefficient (Wildman–Crippen LogP) is 2.14. The van der Waals surface area contributed by atoms with Crippen LogP contribution in [-0.2, 0) is 4.79 Å². The van der Waals surface area contributed by atoms with Crippen LogP contribution < -0.4 is 9.47 Å². The minimum atomic E-state index is -0.652. The molecule has 0 spiro atoms. The first kappa shape index (κ1) is 16.0. The summed E-state index contributed by atoms with van der Waals surface area (Å²) in [6.45, 7) is 6.76. The SMILES string of the molecule is CCN(CC)C(=O)C(C)Oc1cc(OC)ccc1C=O. The lowest BCUT2D eigenvalue weighted by Crippen LogP contribution is -2.40. The Hall–Kier alpha value is -2.04. The maximum Gasteiger partial charge on any atom is 0.263 e. The lowest BCUT2D eigenvalue weighted by Gasteiger charge is -2.23. The molecule has 110 valence electrons. The van der Waals surface area contributed by atoms with Crippen molar-refractivity contribution in [3.63, 3.8) is 0 Å². The molecule has 0 aliphatic carbocycles. The maximum absolute atomic E-state index is 12.1. The van der Waals surface area contributed by atoms with Crippen molar-refractivity contribution in [2.45, 2.75) is 26.9 Å². The average molecular weight is 279 g/mol. The first-order chi connectivity index (χ1) is 9.57. The number of benzene rings is 1. The number of rotatable bonds is 7. The van der Waals surface area contributed by atoms with Crippen molar-refractivity contribution in [1.82, 2.24) is 4.90 Å². The van der Waals surface area contributed by atoms with Crippen LogP contribution in [0.1, 0.15) is 31.1 Å². The third-order valence-corrected chi connectivity index (χ3v) is 3.07. The normalized spacial score (nSPS) is 11.6. The van der Waals surface area contributed by atoms with Gasteiger partial charge in [0.25, 0.3) is 5.91 Å². The molecule has 0 N–H and O–H groups in total. The van der Waals surface area contributed by atoms with Crippen molar-refractivity contribution in [2.75, 3.05) is 20.2 Å². The minimum absolute atomic E-state index is 0.102. The molecule has 0 heterocycles. The van der Waals surface area contributed by atoms with Crippen LogP contribution in [0.2, 0.25) is 0 Å². The average Bonchev–Trinajstić information content (AvgIpc) is 2.48. The molecule has 1 rings (SSSR count). The molecule has 1 aromatic carbocycles. The third-order valence-electron chi connectivity index (χ3n) is 3.07. The number of carbonyl (C=O) groups is 2. The predicted molar refractivity (Wildman–Crippen MR) is 76.4 cm³/mol. The van der Waals surface area contributed by atoms with Gasteiger partial charge < -0.3 is 14.4 Å². The Kier molecular flexibility index (Phi) is 6.03.